The smallest absolute Gasteiger partial charge is 0.403 e. The molecule has 2 heterocycles. The molecule has 1 aromatic heterocycles. The normalized spacial score (nSPS) is 20.1. The van der Waals surface area contributed by atoms with Gasteiger partial charge in [0.1, 0.15) is 0 Å². The van der Waals surface area contributed by atoms with Crippen LogP contribution in [0.25, 0.3) is 0 Å². The second-order valence-electron chi connectivity index (χ2n) is 7.60. The van der Waals surface area contributed by atoms with Crippen LogP contribution in [0.1, 0.15) is 39.0 Å². The van der Waals surface area contributed by atoms with E-state index in [2.05, 4.69) is 63.0 Å². The third-order valence-electron chi connectivity index (χ3n) is 5.19. The molecule has 0 N–H and O–H groups in total. The zero-order chi connectivity index (χ0) is 17.2. The fraction of sp³-hybridized carbons (Fsp3) is 0.450. The zero-order valence-corrected chi connectivity index (χ0v) is 15.0. The highest BCUT2D eigenvalue weighted by atomic mass is 16.7. The molecule has 1 saturated heterocycles. The summed E-state index contributed by atoms with van der Waals surface area (Å²) >= 11 is 0. The minimum atomic E-state index is -0.309. The third-order valence-corrected chi connectivity index (χ3v) is 5.19. The first-order chi connectivity index (χ1) is 11.4. The maximum atomic E-state index is 6.32. The Kier molecular flexibility index (Phi) is 4.79. The van der Waals surface area contributed by atoms with E-state index in [1.54, 1.807) is 0 Å². The summed E-state index contributed by atoms with van der Waals surface area (Å²) in [5.74, 6) is 0.225. The summed E-state index contributed by atoms with van der Waals surface area (Å²) < 4.78 is 12.6. The van der Waals surface area contributed by atoms with Gasteiger partial charge in [-0.15, -0.1) is 0 Å². The van der Waals surface area contributed by atoms with Crippen LogP contribution in [-0.2, 0) is 22.2 Å². The molecule has 1 aliphatic rings. The van der Waals surface area contributed by atoms with Gasteiger partial charge in [-0.25, -0.2) is 0 Å². The maximum absolute atomic E-state index is 6.32. The van der Waals surface area contributed by atoms with Crippen LogP contribution >= 0.6 is 0 Å². The molecule has 1 fully saturated rings. The van der Waals surface area contributed by atoms with E-state index in [0.29, 0.717) is 0 Å². The van der Waals surface area contributed by atoms with Gasteiger partial charge in [-0.3, -0.25) is 4.98 Å². The van der Waals surface area contributed by atoms with Gasteiger partial charge < -0.3 is 9.31 Å². The summed E-state index contributed by atoms with van der Waals surface area (Å²) in [6, 6.07) is 16.6. The molecule has 0 amide bonds. The summed E-state index contributed by atoms with van der Waals surface area (Å²) in [6.45, 7) is 8.42. The number of benzene rings is 1. The van der Waals surface area contributed by atoms with E-state index >= 15 is 0 Å². The van der Waals surface area contributed by atoms with Crippen molar-refractivity contribution in [2.45, 2.75) is 57.6 Å². The lowest BCUT2D eigenvalue weighted by atomic mass is 9.66. The molecule has 3 rings (SSSR count). The Labute approximate surface area is 145 Å². The Morgan fingerprint density at radius 2 is 1.50 bits per heavy atom. The van der Waals surface area contributed by atoms with E-state index in [4.69, 9.17) is 9.31 Å². The molecule has 0 aliphatic carbocycles. The summed E-state index contributed by atoms with van der Waals surface area (Å²) in [4.78, 5) is 4.49. The number of rotatable bonds is 5. The van der Waals surface area contributed by atoms with Crippen LogP contribution < -0.4 is 0 Å². The van der Waals surface area contributed by atoms with Gasteiger partial charge in [0.25, 0.3) is 0 Å². The van der Waals surface area contributed by atoms with Crippen molar-refractivity contribution in [3.05, 3.63) is 66.0 Å². The average Bonchev–Trinajstić information content (AvgIpc) is 2.77. The van der Waals surface area contributed by atoms with Gasteiger partial charge in [0.15, 0.2) is 0 Å². The van der Waals surface area contributed by atoms with Gasteiger partial charge >= 0.3 is 7.12 Å². The standard InChI is InChI=1S/C20H26BNO2/c1-19(2)20(3,4)24-21(23-19)17(14-16-10-6-5-7-11-16)15-18-12-8-9-13-22-18/h5-13,17H,14-15H2,1-4H3. The summed E-state index contributed by atoms with van der Waals surface area (Å²) in [5, 5.41) is 0. The second kappa shape index (κ2) is 6.69. The minimum absolute atomic E-state index is 0.225. The summed E-state index contributed by atoms with van der Waals surface area (Å²) in [6.07, 6.45) is 3.60. The van der Waals surface area contributed by atoms with Crippen molar-refractivity contribution in [3.8, 4) is 0 Å². The number of hydrogen-bond acceptors (Lipinski definition) is 3. The van der Waals surface area contributed by atoms with Crippen molar-refractivity contribution in [1.29, 1.82) is 0 Å². The molecule has 1 aliphatic heterocycles. The first kappa shape index (κ1) is 17.2. The molecule has 1 atom stereocenters. The molecule has 3 nitrogen and oxygen atoms in total. The Balaban J connectivity index is 1.82. The summed E-state index contributed by atoms with van der Waals surface area (Å²) in [5.41, 5.74) is 1.76. The Hall–Kier alpha value is -1.65. The molecule has 2 aromatic rings. The van der Waals surface area contributed by atoms with Crippen molar-refractivity contribution in [3.63, 3.8) is 0 Å². The molecule has 126 valence electrons. The van der Waals surface area contributed by atoms with Gasteiger partial charge in [0.2, 0.25) is 0 Å². The topological polar surface area (TPSA) is 31.4 Å². The van der Waals surface area contributed by atoms with Crippen LogP contribution in [0.5, 0.6) is 0 Å². The van der Waals surface area contributed by atoms with Crippen molar-refractivity contribution in [1.82, 2.24) is 4.98 Å². The van der Waals surface area contributed by atoms with E-state index in [1.165, 1.54) is 5.56 Å². The molecule has 4 heteroatoms. The Morgan fingerprint density at radius 1 is 0.875 bits per heavy atom. The summed E-state index contributed by atoms with van der Waals surface area (Å²) in [7, 11) is -0.225. The fourth-order valence-corrected chi connectivity index (χ4v) is 3.05. The zero-order valence-electron chi connectivity index (χ0n) is 15.0. The van der Waals surface area contributed by atoms with Crippen LogP contribution in [0.2, 0.25) is 5.82 Å². The molecule has 24 heavy (non-hydrogen) atoms. The molecular weight excluding hydrogens is 297 g/mol. The Bertz CT molecular complexity index is 600. The van der Waals surface area contributed by atoms with E-state index in [9.17, 15) is 0 Å². The molecule has 0 bridgehead atoms. The second-order valence-corrected chi connectivity index (χ2v) is 7.60. The fourth-order valence-electron chi connectivity index (χ4n) is 3.05. The predicted molar refractivity (Wildman–Crippen MR) is 97.9 cm³/mol. The minimum Gasteiger partial charge on any atom is -0.403 e. The van der Waals surface area contributed by atoms with Crippen molar-refractivity contribution < 1.29 is 9.31 Å². The van der Waals surface area contributed by atoms with Crippen LogP contribution in [0.3, 0.4) is 0 Å². The van der Waals surface area contributed by atoms with Gasteiger partial charge in [0, 0.05) is 17.7 Å². The van der Waals surface area contributed by atoms with Crippen molar-refractivity contribution in [2.75, 3.05) is 0 Å². The average molecular weight is 323 g/mol. The molecule has 0 radical (unpaired) electrons. The monoisotopic (exact) mass is 323 g/mol. The van der Waals surface area contributed by atoms with E-state index in [1.807, 2.05) is 24.4 Å². The van der Waals surface area contributed by atoms with Gasteiger partial charge in [-0.1, -0.05) is 36.4 Å². The van der Waals surface area contributed by atoms with Crippen LogP contribution in [0, 0.1) is 0 Å². The van der Waals surface area contributed by atoms with E-state index in [-0.39, 0.29) is 24.1 Å². The third kappa shape index (κ3) is 3.71. The van der Waals surface area contributed by atoms with Crippen molar-refractivity contribution >= 4 is 7.12 Å². The lowest BCUT2D eigenvalue weighted by Gasteiger charge is -2.32. The molecular formula is C20H26BNO2. The number of pyridine rings is 1. The van der Waals surface area contributed by atoms with E-state index in [0.717, 1.165) is 18.5 Å². The number of nitrogens with zero attached hydrogens (tertiary/aromatic N) is 1. The molecule has 1 unspecified atom stereocenters. The van der Waals surface area contributed by atoms with Crippen LogP contribution in [-0.4, -0.2) is 23.3 Å². The van der Waals surface area contributed by atoms with Crippen LogP contribution in [0.4, 0.5) is 0 Å². The van der Waals surface area contributed by atoms with Crippen molar-refractivity contribution in [2.24, 2.45) is 0 Å². The Morgan fingerprint density at radius 3 is 2.08 bits per heavy atom. The van der Waals surface area contributed by atoms with Gasteiger partial charge in [-0.2, -0.15) is 0 Å². The van der Waals surface area contributed by atoms with Gasteiger partial charge in [0.05, 0.1) is 11.2 Å². The lowest BCUT2D eigenvalue weighted by molar-refractivity contribution is 0.00578. The number of hydrogen-bond donors (Lipinski definition) is 0. The SMILES string of the molecule is CC1(C)OB(C(Cc2ccccc2)Cc2ccccn2)OC1(C)C. The first-order valence-corrected chi connectivity index (χ1v) is 8.67. The molecule has 1 aromatic carbocycles. The van der Waals surface area contributed by atoms with E-state index < -0.39 is 0 Å². The quantitative estimate of drug-likeness (QED) is 0.768. The largest absolute Gasteiger partial charge is 0.461 e. The lowest BCUT2D eigenvalue weighted by Crippen LogP contribution is -2.41. The first-order valence-electron chi connectivity index (χ1n) is 8.67. The molecule has 0 spiro atoms. The number of aromatic nitrogens is 1. The molecule has 0 saturated carbocycles. The predicted octanol–water partition coefficient (Wildman–Crippen LogP) is 4.33. The maximum Gasteiger partial charge on any atom is 0.461 e. The highest BCUT2D eigenvalue weighted by molar-refractivity contribution is 6.47. The van der Waals surface area contributed by atoms with Gasteiger partial charge in [-0.05, 0) is 58.2 Å². The highest BCUT2D eigenvalue weighted by Gasteiger charge is 2.53. The van der Waals surface area contributed by atoms with Crippen LogP contribution in [0.15, 0.2) is 54.7 Å². The highest BCUT2D eigenvalue weighted by Crippen LogP contribution is 2.41.